The molecule has 1 amide bonds. The third-order valence-electron chi connectivity index (χ3n) is 5.88. The van der Waals surface area contributed by atoms with Crippen molar-refractivity contribution in [1.29, 1.82) is 0 Å². The minimum Gasteiger partial charge on any atom is -0.481 e. The first-order valence-corrected chi connectivity index (χ1v) is 11.2. The summed E-state index contributed by atoms with van der Waals surface area (Å²) in [6.07, 6.45) is 2.36. The van der Waals surface area contributed by atoms with E-state index in [1.807, 2.05) is 78.8 Å². The predicted octanol–water partition coefficient (Wildman–Crippen LogP) is 5.84. The summed E-state index contributed by atoms with van der Waals surface area (Å²) in [5, 5.41) is 11.4. The van der Waals surface area contributed by atoms with Crippen LogP contribution in [0, 0.1) is 16.2 Å². The molecule has 184 valence electrons. The Morgan fingerprint density at radius 2 is 1.25 bits per heavy atom. The van der Waals surface area contributed by atoms with Gasteiger partial charge in [-0.3, -0.25) is 14.4 Å². The summed E-state index contributed by atoms with van der Waals surface area (Å²) in [5.74, 6) is -0.737. The number of aliphatic carboxylic acids is 1. The lowest BCUT2D eigenvalue weighted by molar-refractivity contribution is -0.151. The van der Waals surface area contributed by atoms with Crippen molar-refractivity contribution >= 4 is 17.8 Å². The van der Waals surface area contributed by atoms with E-state index < -0.39 is 11.4 Å². The molecule has 0 unspecified atom stereocenters. The van der Waals surface area contributed by atoms with Crippen molar-refractivity contribution in [3.05, 3.63) is 35.9 Å². The van der Waals surface area contributed by atoms with Crippen molar-refractivity contribution in [2.75, 3.05) is 7.11 Å². The highest BCUT2D eigenvalue weighted by atomic mass is 16.5. The zero-order valence-corrected chi connectivity index (χ0v) is 21.8. The number of benzene rings is 1. The first kappa shape index (κ1) is 31.8. The highest BCUT2D eigenvalue weighted by Crippen LogP contribution is 2.21. The molecule has 0 atom stereocenters. The molecule has 0 saturated heterocycles. The molecule has 6 nitrogen and oxygen atoms in total. The smallest absolute Gasteiger partial charge is 0.311 e. The minimum atomic E-state index is -0.722. The molecule has 0 heterocycles. The predicted molar refractivity (Wildman–Crippen MR) is 130 cm³/mol. The van der Waals surface area contributed by atoms with Crippen LogP contribution in [0.1, 0.15) is 87.1 Å². The maximum absolute atomic E-state index is 11.8. The van der Waals surface area contributed by atoms with Gasteiger partial charge in [-0.05, 0) is 52.5 Å². The first-order valence-electron chi connectivity index (χ1n) is 11.2. The molecule has 1 rings (SSSR count). The Morgan fingerprint density at radius 1 is 0.812 bits per heavy atom. The number of esters is 1. The van der Waals surface area contributed by atoms with Gasteiger partial charge in [-0.25, -0.2) is 0 Å². The molecule has 0 aliphatic carbocycles. The molecule has 0 aliphatic heterocycles. The second kappa shape index (κ2) is 14.6. The average molecular weight is 452 g/mol. The lowest BCUT2D eigenvalue weighted by Gasteiger charge is -2.21. The van der Waals surface area contributed by atoms with Gasteiger partial charge in [0, 0.05) is 12.0 Å². The molecule has 0 bridgehead atoms. The number of carbonyl (C=O) groups excluding carboxylic acids is 2. The molecular formula is C26H45NO5. The molecular weight excluding hydrogens is 406 g/mol. The molecule has 0 aromatic heterocycles. The van der Waals surface area contributed by atoms with Gasteiger partial charge >= 0.3 is 11.9 Å². The third-order valence-corrected chi connectivity index (χ3v) is 5.88. The van der Waals surface area contributed by atoms with E-state index in [0.29, 0.717) is 13.0 Å². The van der Waals surface area contributed by atoms with Gasteiger partial charge in [0.2, 0.25) is 5.91 Å². The standard InChI is InChI=1S/C13H19NO.C7H14O2.C6H12O2/c1-4-13(2,3)12(15)14-10-11-8-6-5-7-9-11;1-5-7(2,3)6(8)9-4;1-4-6(2,3)5(7)8/h5-9H,4,10H2,1-3H3,(H,14,15);5H2,1-4H3;4H2,1-3H3,(H,7,8). The average Bonchev–Trinajstić information content (AvgIpc) is 2.78. The Morgan fingerprint density at radius 3 is 1.53 bits per heavy atom. The van der Waals surface area contributed by atoms with E-state index in [1.54, 1.807) is 13.8 Å². The van der Waals surface area contributed by atoms with Gasteiger partial charge in [-0.1, -0.05) is 65.0 Å². The van der Waals surface area contributed by atoms with Crippen LogP contribution in [0.4, 0.5) is 0 Å². The quantitative estimate of drug-likeness (QED) is 0.484. The van der Waals surface area contributed by atoms with Crippen molar-refractivity contribution < 1.29 is 24.2 Å². The van der Waals surface area contributed by atoms with E-state index in [0.717, 1.165) is 18.4 Å². The summed E-state index contributed by atoms with van der Waals surface area (Å²) in [5.41, 5.74) is 0.0153. The molecule has 32 heavy (non-hydrogen) atoms. The second-order valence-corrected chi connectivity index (χ2v) is 9.68. The molecule has 6 heteroatoms. The normalized spacial score (nSPS) is 11.2. The van der Waals surface area contributed by atoms with Crippen molar-refractivity contribution in [1.82, 2.24) is 5.32 Å². The van der Waals surface area contributed by atoms with Crippen LogP contribution in [0.2, 0.25) is 0 Å². The lowest BCUT2D eigenvalue weighted by atomic mass is 9.89. The zero-order chi connectivity index (χ0) is 25.6. The fraction of sp³-hybridized carbons (Fsp3) is 0.654. The Hall–Kier alpha value is -2.37. The lowest BCUT2D eigenvalue weighted by Crippen LogP contribution is -2.35. The monoisotopic (exact) mass is 451 g/mol. The van der Waals surface area contributed by atoms with Crippen LogP contribution in [-0.4, -0.2) is 30.1 Å². The molecule has 0 spiro atoms. The number of methoxy groups -OCH3 is 1. The fourth-order valence-corrected chi connectivity index (χ4v) is 1.75. The van der Waals surface area contributed by atoms with Gasteiger partial charge in [0.15, 0.2) is 0 Å². The van der Waals surface area contributed by atoms with Crippen molar-refractivity contribution in [2.45, 2.75) is 88.1 Å². The van der Waals surface area contributed by atoms with Gasteiger partial charge < -0.3 is 15.2 Å². The van der Waals surface area contributed by atoms with E-state index in [4.69, 9.17) is 5.11 Å². The first-order chi connectivity index (χ1) is 14.6. The molecule has 0 radical (unpaired) electrons. The van der Waals surface area contributed by atoms with E-state index in [9.17, 15) is 14.4 Å². The highest BCUT2D eigenvalue weighted by molar-refractivity contribution is 5.81. The number of ether oxygens (including phenoxy) is 1. The number of nitrogens with one attached hydrogen (secondary N) is 1. The van der Waals surface area contributed by atoms with Crippen molar-refractivity contribution in [3.63, 3.8) is 0 Å². The fourth-order valence-electron chi connectivity index (χ4n) is 1.75. The number of rotatable bonds is 8. The van der Waals surface area contributed by atoms with E-state index >= 15 is 0 Å². The van der Waals surface area contributed by atoms with E-state index in [-0.39, 0.29) is 22.7 Å². The van der Waals surface area contributed by atoms with E-state index in [1.165, 1.54) is 7.11 Å². The highest BCUT2D eigenvalue weighted by Gasteiger charge is 2.26. The summed E-state index contributed by atoms with van der Waals surface area (Å²) in [7, 11) is 1.42. The second-order valence-electron chi connectivity index (χ2n) is 9.68. The van der Waals surface area contributed by atoms with Crippen LogP contribution in [0.25, 0.3) is 0 Å². The SMILES string of the molecule is CCC(C)(C)C(=O)NCc1ccccc1.CCC(C)(C)C(=O)O.CCC(C)(C)C(=O)OC. The molecule has 1 aromatic rings. The van der Waals surface area contributed by atoms with Crippen molar-refractivity contribution in [2.24, 2.45) is 16.2 Å². The topological polar surface area (TPSA) is 92.7 Å². The summed E-state index contributed by atoms with van der Waals surface area (Å²) < 4.78 is 4.57. The number of amides is 1. The van der Waals surface area contributed by atoms with Gasteiger partial charge in [0.25, 0.3) is 0 Å². The Labute approximate surface area is 195 Å². The largest absolute Gasteiger partial charge is 0.481 e. The summed E-state index contributed by atoms with van der Waals surface area (Å²) >= 11 is 0. The van der Waals surface area contributed by atoms with Crippen LogP contribution in [0.5, 0.6) is 0 Å². The van der Waals surface area contributed by atoms with Crippen molar-refractivity contribution in [3.8, 4) is 0 Å². The number of hydrogen-bond acceptors (Lipinski definition) is 4. The zero-order valence-electron chi connectivity index (χ0n) is 21.8. The molecule has 0 fully saturated rings. The molecule has 0 aliphatic rings. The van der Waals surface area contributed by atoms with Crippen LogP contribution < -0.4 is 5.32 Å². The summed E-state index contributed by atoms with van der Waals surface area (Å²) in [4.78, 5) is 32.9. The maximum Gasteiger partial charge on any atom is 0.311 e. The van der Waals surface area contributed by atoms with E-state index in [2.05, 4.69) is 10.1 Å². The molecule has 0 saturated carbocycles. The molecule has 1 aromatic carbocycles. The van der Waals surface area contributed by atoms with Gasteiger partial charge in [-0.2, -0.15) is 0 Å². The Bertz CT molecular complexity index is 693. The number of hydrogen-bond donors (Lipinski definition) is 2. The van der Waals surface area contributed by atoms with Crippen LogP contribution in [-0.2, 0) is 25.7 Å². The van der Waals surface area contributed by atoms with Gasteiger partial charge in [0.05, 0.1) is 17.9 Å². The summed E-state index contributed by atoms with van der Waals surface area (Å²) in [6, 6.07) is 9.96. The van der Waals surface area contributed by atoms with Crippen LogP contribution in [0.3, 0.4) is 0 Å². The van der Waals surface area contributed by atoms with Crippen LogP contribution in [0.15, 0.2) is 30.3 Å². The molecule has 2 N–H and O–H groups in total. The number of carboxylic acids is 1. The minimum absolute atomic E-state index is 0.119. The Balaban J connectivity index is 0. The summed E-state index contributed by atoms with van der Waals surface area (Å²) in [6.45, 7) is 17.6. The van der Waals surface area contributed by atoms with Crippen LogP contribution >= 0.6 is 0 Å². The number of carboxylic acid groups (broad SMARTS) is 1. The van der Waals surface area contributed by atoms with Gasteiger partial charge in [-0.15, -0.1) is 0 Å². The maximum atomic E-state index is 11.8. The van der Waals surface area contributed by atoms with Gasteiger partial charge in [0.1, 0.15) is 0 Å². The third kappa shape index (κ3) is 12.5. The number of carbonyl (C=O) groups is 3. The Kier molecular flexibility index (Phi) is 14.6.